The zero-order valence-corrected chi connectivity index (χ0v) is 16.4. The number of ether oxygens (including phenoxy) is 1. The van der Waals surface area contributed by atoms with Crippen molar-refractivity contribution in [3.63, 3.8) is 0 Å². The van der Waals surface area contributed by atoms with Crippen molar-refractivity contribution in [2.24, 2.45) is 5.10 Å². The molecule has 1 aliphatic rings. The highest BCUT2D eigenvalue weighted by Gasteiger charge is 2.23. The summed E-state index contributed by atoms with van der Waals surface area (Å²) in [7, 11) is 0. The quantitative estimate of drug-likeness (QED) is 0.620. The SMILES string of the molecule is CCCCOc1cc(C)c(C2=NN(CCC)C(=O)CC2)cc1C(C)C. The third-order valence-corrected chi connectivity index (χ3v) is 4.59. The van der Waals surface area contributed by atoms with Gasteiger partial charge >= 0.3 is 0 Å². The summed E-state index contributed by atoms with van der Waals surface area (Å²) in [4.78, 5) is 12.0. The zero-order chi connectivity index (χ0) is 18.4. The molecule has 0 N–H and O–H groups in total. The van der Waals surface area contributed by atoms with Crippen LogP contribution in [-0.4, -0.2) is 29.8 Å². The van der Waals surface area contributed by atoms with Crippen LogP contribution in [0.15, 0.2) is 17.2 Å². The molecule has 0 spiro atoms. The van der Waals surface area contributed by atoms with Crippen LogP contribution in [0.2, 0.25) is 0 Å². The fourth-order valence-electron chi connectivity index (χ4n) is 3.09. The Labute approximate surface area is 152 Å². The second-order valence-electron chi connectivity index (χ2n) is 7.13. The number of carbonyl (C=O) groups is 1. The third kappa shape index (κ3) is 4.83. The smallest absolute Gasteiger partial charge is 0.243 e. The van der Waals surface area contributed by atoms with Crippen molar-refractivity contribution in [1.29, 1.82) is 0 Å². The number of amides is 1. The standard InChI is InChI=1S/C21H32N2O2/c1-6-8-12-25-20-13-16(5)18(14-17(20)15(3)4)19-9-10-21(24)23(22-19)11-7-2/h13-15H,6-12H2,1-5H3. The Morgan fingerprint density at radius 3 is 2.60 bits per heavy atom. The van der Waals surface area contributed by atoms with Crippen LogP contribution in [0.5, 0.6) is 5.75 Å². The van der Waals surface area contributed by atoms with Gasteiger partial charge in [-0.3, -0.25) is 4.79 Å². The Bertz CT molecular complexity index is 635. The molecule has 1 aromatic rings. The summed E-state index contributed by atoms with van der Waals surface area (Å²) in [6.45, 7) is 12.2. The highest BCUT2D eigenvalue weighted by molar-refractivity contribution is 6.05. The molecule has 25 heavy (non-hydrogen) atoms. The van der Waals surface area contributed by atoms with Gasteiger partial charge in [-0.15, -0.1) is 0 Å². The third-order valence-electron chi connectivity index (χ3n) is 4.59. The molecule has 0 unspecified atom stereocenters. The molecule has 1 aliphatic heterocycles. The molecule has 0 radical (unpaired) electrons. The molecule has 4 heteroatoms. The van der Waals surface area contributed by atoms with E-state index in [9.17, 15) is 4.79 Å². The number of hydrogen-bond donors (Lipinski definition) is 0. The van der Waals surface area contributed by atoms with Gasteiger partial charge in [0.15, 0.2) is 0 Å². The topological polar surface area (TPSA) is 41.9 Å². The van der Waals surface area contributed by atoms with Gasteiger partial charge in [-0.05, 0) is 48.9 Å². The molecule has 138 valence electrons. The zero-order valence-electron chi connectivity index (χ0n) is 16.4. The Morgan fingerprint density at radius 2 is 1.96 bits per heavy atom. The van der Waals surface area contributed by atoms with Crippen LogP contribution < -0.4 is 4.74 Å². The second kappa shape index (κ2) is 9.02. The first-order valence-electron chi connectivity index (χ1n) is 9.63. The van der Waals surface area contributed by atoms with Crippen molar-refractivity contribution in [1.82, 2.24) is 5.01 Å². The van der Waals surface area contributed by atoms with Gasteiger partial charge in [0.1, 0.15) is 5.75 Å². The van der Waals surface area contributed by atoms with E-state index in [1.165, 1.54) is 11.1 Å². The Hall–Kier alpha value is -1.84. The van der Waals surface area contributed by atoms with Gasteiger partial charge in [0.25, 0.3) is 0 Å². The lowest BCUT2D eigenvalue weighted by Gasteiger charge is -2.25. The highest BCUT2D eigenvalue weighted by Crippen LogP contribution is 2.31. The molecule has 4 nitrogen and oxygen atoms in total. The van der Waals surface area contributed by atoms with Gasteiger partial charge < -0.3 is 4.74 Å². The average molecular weight is 344 g/mol. The fraction of sp³-hybridized carbons (Fsp3) is 0.619. The summed E-state index contributed by atoms with van der Waals surface area (Å²) in [5.74, 6) is 1.50. The van der Waals surface area contributed by atoms with E-state index in [1.54, 1.807) is 5.01 Å². The minimum Gasteiger partial charge on any atom is -0.493 e. The average Bonchev–Trinajstić information content (AvgIpc) is 2.57. The maximum absolute atomic E-state index is 12.0. The number of nitrogens with zero attached hydrogens (tertiary/aromatic N) is 2. The van der Waals surface area contributed by atoms with Crippen molar-refractivity contribution < 1.29 is 9.53 Å². The summed E-state index contributed by atoms with van der Waals surface area (Å²) in [6.07, 6.45) is 4.38. The number of rotatable bonds is 8. The van der Waals surface area contributed by atoms with Crippen LogP contribution >= 0.6 is 0 Å². The minimum atomic E-state index is 0.131. The van der Waals surface area contributed by atoms with Crippen molar-refractivity contribution in [2.75, 3.05) is 13.2 Å². The van der Waals surface area contributed by atoms with Gasteiger partial charge in [0.2, 0.25) is 5.91 Å². The molecule has 0 fully saturated rings. The summed E-state index contributed by atoms with van der Waals surface area (Å²) in [5.41, 5.74) is 4.56. The summed E-state index contributed by atoms with van der Waals surface area (Å²) in [5, 5.41) is 6.29. The van der Waals surface area contributed by atoms with Crippen LogP contribution in [-0.2, 0) is 4.79 Å². The van der Waals surface area contributed by atoms with E-state index in [2.05, 4.69) is 51.9 Å². The van der Waals surface area contributed by atoms with Crippen molar-refractivity contribution >= 4 is 11.6 Å². The second-order valence-corrected chi connectivity index (χ2v) is 7.13. The number of hydrogen-bond acceptors (Lipinski definition) is 3. The Morgan fingerprint density at radius 1 is 1.20 bits per heavy atom. The first-order chi connectivity index (χ1) is 12.0. The Balaban J connectivity index is 2.36. The van der Waals surface area contributed by atoms with E-state index >= 15 is 0 Å². The van der Waals surface area contributed by atoms with E-state index < -0.39 is 0 Å². The van der Waals surface area contributed by atoms with Crippen molar-refractivity contribution in [2.45, 2.75) is 72.6 Å². The van der Waals surface area contributed by atoms with Crippen molar-refractivity contribution in [3.05, 3.63) is 28.8 Å². The van der Waals surface area contributed by atoms with Crippen molar-refractivity contribution in [3.8, 4) is 5.75 Å². The predicted molar refractivity (Wildman–Crippen MR) is 103 cm³/mol. The van der Waals surface area contributed by atoms with E-state index in [-0.39, 0.29) is 5.91 Å². The monoisotopic (exact) mass is 344 g/mol. The van der Waals surface area contributed by atoms with E-state index in [0.29, 0.717) is 25.3 Å². The lowest BCUT2D eigenvalue weighted by Crippen LogP contribution is -2.32. The first-order valence-corrected chi connectivity index (χ1v) is 9.63. The van der Waals surface area contributed by atoms with Gasteiger partial charge in [0.05, 0.1) is 12.3 Å². The molecule has 0 saturated heterocycles. The normalized spacial score (nSPS) is 14.9. The number of aryl methyl sites for hydroxylation is 1. The van der Waals surface area contributed by atoms with Crippen LogP contribution in [0.25, 0.3) is 0 Å². The molecule has 1 aromatic carbocycles. The summed E-state index contributed by atoms with van der Waals surface area (Å²) in [6, 6.07) is 4.36. The molecule has 0 saturated carbocycles. The lowest BCUT2D eigenvalue weighted by molar-refractivity contribution is -0.131. The maximum Gasteiger partial charge on any atom is 0.243 e. The summed E-state index contributed by atoms with van der Waals surface area (Å²) >= 11 is 0. The molecule has 0 atom stereocenters. The van der Waals surface area contributed by atoms with Gasteiger partial charge in [-0.1, -0.05) is 34.1 Å². The predicted octanol–water partition coefficient (Wildman–Crippen LogP) is 5.03. The largest absolute Gasteiger partial charge is 0.493 e. The fourth-order valence-corrected chi connectivity index (χ4v) is 3.09. The first kappa shape index (κ1) is 19.5. The molecule has 0 aliphatic carbocycles. The maximum atomic E-state index is 12.0. The van der Waals surface area contributed by atoms with Gasteiger partial charge in [0, 0.05) is 24.9 Å². The number of benzene rings is 1. The van der Waals surface area contributed by atoms with Crippen LogP contribution in [0.3, 0.4) is 0 Å². The molecule has 1 amide bonds. The Kier molecular flexibility index (Phi) is 7.03. The molecule has 1 heterocycles. The van der Waals surface area contributed by atoms with Gasteiger partial charge in [-0.25, -0.2) is 5.01 Å². The molecular weight excluding hydrogens is 312 g/mol. The number of carbonyl (C=O) groups excluding carboxylic acids is 1. The lowest BCUT2D eigenvalue weighted by atomic mass is 9.92. The number of unbranched alkanes of at least 4 members (excludes halogenated alkanes) is 1. The highest BCUT2D eigenvalue weighted by atomic mass is 16.5. The molecular formula is C21H32N2O2. The van der Waals surface area contributed by atoms with Crippen LogP contribution in [0, 0.1) is 6.92 Å². The van der Waals surface area contributed by atoms with E-state index in [1.807, 2.05) is 0 Å². The minimum absolute atomic E-state index is 0.131. The molecule has 2 rings (SSSR count). The van der Waals surface area contributed by atoms with E-state index in [0.717, 1.165) is 42.9 Å². The molecule has 0 aromatic heterocycles. The van der Waals surface area contributed by atoms with E-state index in [4.69, 9.17) is 4.74 Å². The summed E-state index contributed by atoms with van der Waals surface area (Å²) < 4.78 is 6.03. The number of hydrazone groups is 1. The molecule has 0 bridgehead atoms. The van der Waals surface area contributed by atoms with Gasteiger partial charge in [-0.2, -0.15) is 5.10 Å². The van der Waals surface area contributed by atoms with Crippen LogP contribution in [0.4, 0.5) is 0 Å². The van der Waals surface area contributed by atoms with Crippen LogP contribution in [0.1, 0.15) is 82.4 Å².